The van der Waals surface area contributed by atoms with E-state index in [1.165, 1.54) is 30.4 Å². The van der Waals surface area contributed by atoms with Gasteiger partial charge in [-0.25, -0.2) is 0 Å². The van der Waals surface area contributed by atoms with Crippen molar-refractivity contribution in [2.75, 3.05) is 0 Å². The van der Waals surface area contributed by atoms with Crippen molar-refractivity contribution in [3.05, 3.63) is 73.2 Å². The number of unbranched alkanes of at least 4 members (excludes halogenated alkanes) is 4. The Bertz CT molecular complexity index is 991. The normalized spacial score (nSPS) is 11.0. The summed E-state index contributed by atoms with van der Waals surface area (Å²) in [5.41, 5.74) is 4.44. The van der Waals surface area contributed by atoms with Crippen LogP contribution in [0.25, 0.3) is 22.4 Å². The van der Waals surface area contributed by atoms with Gasteiger partial charge in [-0.15, -0.1) is 10.2 Å². The summed E-state index contributed by atoms with van der Waals surface area (Å²) in [6, 6.07) is 18.8. The minimum Gasteiger partial charge on any atom is -0.253 e. The highest BCUT2D eigenvalue weighted by molar-refractivity contribution is 5.81. The van der Waals surface area contributed by atoms with Gasteiger partial charge >= 0.3 is 0 Å². The van der Waals surface area contributed by atoms with Gasteiger partial charge in [0.05, 0.1) is 12.4 Å². The Morgan fingerprint density at radius 2 is 1.34 bits per heavy atom. The minimum atomic E-state index is 0.906. The molecule has 2 aromatic heterocycles. The second-order valence-electron chi connectivity index (χ2n) is 7.21. The second kappa shape index (κ2) is 9.78. The summed E-state index contributed by atoms with van der Waals surface area (Å²) in [5.74, 6) is 0. The van der Waals surface area contributed by atoms with Crippen molar-refractivity contribution in [2.24, 2.45) is 0 Å². The lowest BCUT2D eigenvalue weighted by Gasteiger charge is -2.07. The van der Waals surface area contributed by atoms with Gasteiger partial charge in [0.1, 0.15) is 5.69 Å². The number of benzene rings is 2. The SMILES string of the molecule is c1ccc(-c2ccccc2-c2cn(CCCCCCCn3ccnn3)nn2)cc1. The summed E-state index contributed by atoms with van der Waals surface area (Å²) in [4.78, 5) is 0. The number of aryl methyl sites for hydroxylation is 2. The molecule has 0 amide bonds. The van der Waals surface area contributed by atoms with Crippen LogP contribution in [0.3, 0.4) is 0 Å². The molecule has 0 aliphatic carbocycles. The molecule has 29 heavy (non-hydrogen) atoms. The standard InChI is InChI=1S/C23H26N6/c1(2-9-16-28-18-15-24-26-28)3-10-17-29-19-23(25-27-29)22-14-8-7-13-21(22)20-11-5-4-6-12-20/h4-8,11-15,18-19H,1-3,9-10,16-17H2. The van der Waals surface area contributed by atoms with Gasteiger partial charge in [-0.1, -0.05) is 84.3 Å². The average molecular weight is 387 g/mol. The van der Waals surface area contributed by atoms with E-state index in [2.05, 4.69) is 75.4 Å². The molecule has 6 nitrogen and oxygen atoms in total. The second-order valence-corrected chi connectivity index (χ2v) is 7.21. The Morgan fingerprint density at radius 3 is 2.10 bits per heavy atom. The fraction of sp³-hybridized carbons (Fsp3) is 0.304. The molecule has 0 radical (unpaired) electrons. The van der Waals surface area contributed by atoms with Gasteiger partial charge in [-0.3, -0.25) is 9.36 Å². The third-order valence-electron chi connectivity index (χ3n) is 5.07. The molecule has 2 heterocycles. The predicted octanol–water partition coefficient (Wildman–Crippen LogP) is 4.85. The molecule has 0 unspecified atom stereocenters. The summed E-state index contributed by atoms with van der Waals surface area (Å²) in [6.45, 7) is 1.86. The van der Waals surface area contributed by atoms with Gasteiger partial charge in [-0.05, 0) is 24.0 Å². The lowest BCUT2D eigenvalue weighted by Crippen LogP contribution is -2.00. The van der Waals surface area contributed by atoms with Crippen LogP contribution < -0.4 is 0 Å². The number of aromatic nitrogens is 6. The van der Waals surface area contributed by atoms with E-state index in [1.807, 2.05) is 21.6 Å². The molecule has 148 valence electrons. The van der Waals surface area contributed by atoms with E-state index in [4.69, 9.17) is 0 Å². The molecule has 0 N–H and O–H groups in total. The maximum Gasteiger partial charge on any atom is 0.113 e. The van der Waals surface area contributed by atoms with Crippen molar-refractivity contribution >= 4 is 0 Å². The third kappa shape index (κ3) is 5.16. The zero-order valence-corrected chi connectivity index (χ0v) is 16.6. The number of hydrogen-bond acceptors (Lipinski definition) is 4. The topological polar surface area (TPSA) is 61.4 Å². The maximum absolute atomic E-state index is 4.43. The van der Waals surface area contributed by atoms with Crippen molar-refractivity contribution < 1.29 is 0 Å². The molecule has 0 atom stereocenters. The molecule has 0 saturated carbocycles. The first-order valence-corrected chi connectivity index (χ1v) is 10.3. The summed E-state index contributed by atoms with van der Waals surface area (Å²) in [6.07, 6.45) is 11.6. The van der Waals surface area contributed by atoms with E-state index >= 15 is 0 Å². The highest BCUT2D eigenvalue weighted by Crippen LogP contribution is 2.30. The van der Waals surface area contributed by atoms with E-state index in [0.29, 0.717) is 0 Å². The fourth-order valence-corrected chi connectivity index (χ4v) is 3.54. The van der Waals surface area contributed by atoms with Crippen molar-refractivity contribution in [2.45, 2.75) is 45.2 Å². The predicted molar refractivity (Wildman–Crippen MR) is 114 cm³/mol. The lowest BCUT2D eigenvalue weighted by molar-refractivity contribution is 0.492. The summed E-state index contributed by atoms with van der Waals surface area (Å²) in [5, 5.41) is 16.6. The summed E-state index contributed by atoms with van der Waals surface area (Å²) < 4.78 is 3.86. The molecule has 0 spiro atoms. The van der Waals surface area contributed by atoms with Crippen LogP contribution in [0.5, 0.6) is 0 Å². The van der Waals surface area contributed by atoms with Gasteiger partial charge in [-0.2, -0.15) is 0 Å². The zero-order chi connectivity index (χ0) is 19.7. The Kier molecular flexibility index (Phi) is 6.42. The zero-order valence-electron chi connectivity index (χ0n) is 16.6. The van der Waals surface area contributed by atoms with Crippen LogP contribution in [0, 0.1) is 0 Å². The molecule has 4 rings (SSSR count). The monoisotopic (exact) mass is 386 g/mol. The van der Waals surface area contributed by atoms with Crippen LogP contribution in [0.4, 0.5) is 0 Å². The molecule has 2 aromatic carbocycles. The van der Waals surface area contributed by atoms with Crippen LogP contribution in [0.1, 0.15) is 32.1 Å². The number of rotatable bonds is 10. The molecular formula is C23H26N6. The Balaban J connectivity index is 1.27. The van der Waals surface area contributed by atoms with Crippen LogP contribution in [-0.4, -0.2) is 30.0 Å². The van der Waals surface area contributed by atoms with Gasteiger partial charge in [0, 0.05) is 24.8 Å². The Morgan fingerprint density at radius 1 is 0.655 bits per heavy atom. The van der Waals surface area contributed by atoms with E-state index in [-0.39, 0.29) is 0 Å². The van der Waals surface area contributed by atoms with E-state index < -0.39 is 0 Å². The van der Waals surface area contributed by atoms with E-state index in [9.17, 15) is 0 Å². The molecule has 0 saturated heterocycles. The molecule has 0 aliphatic rings. The minimum absolute atomic E-state index is 0.906. The van der Waals surface area contributed by atoms with Gasteiger partial charge < -0.3 is 0 Å². The third-order valence-corrected chi connectivity index (χ3v) is 5.07. The summed E-state index contributed by atoms with van der Waals surface area (Å²) >= 11 is 0. The first-order valence-electron chi connectivity index (χ1n) is 10.3. The number of nitrogens with zero attached hydrogens (tertiary/aromatic N) is 6. The van der Waals surface area contributed by atoms with Crippen LogP contribution in [-0.2, 0) is 13.1 Å². The highest BCUT2D eigenvalue weighted by atomic mass is 15.4. The van der Waals surface area contributed by atoms with Crippen LogP contribution in [0.15, 0.2) is 73.2 Å². The molecule has 0 bridgehead atoms. The molecular weight excluding hydrogens is 360 g/mol. The van der Waals surface area contributed by atoms with Crippen LogP contribution in [0.2, 0.25) is 0 Å². The van der Waals surface area contributed by atoms with Crippen molar-refractivity contribution in [1.29, 1.82) is 0 Å². The first-order chi connectivity index (χ1) is 14.4. The average Bonchev–Trinajstić information content (AvgIpc) is 3.46. The van der Waals surface area contributed by atoms with E-state index in [1.54, 1.807) is 6.20 Å². The van der Waals surface area contributed by atoms with Gasteiger partial charge in [0.2, 0.25) is 0 Å². The maximum atomic E-state index is 4.43. The van der Waals surface area contributed by atoms with Crippen molar-refractivity contribution in [3.63, 3.8) is 0 Å². The molecule has 4 aromatic rings. The Labute approximate surface area is 171 Å². The van der Waals surface area contributed by atoms with Gasteiger partial charge in [0.25, 0.3) is 0 Å². The largest absolute Gasteiger partial charge is 0.253 e. The van der Waals surface area contributed by atoms with Crippen molar-refractivity contribution in [1.82, 2.24) is 30.0 Å². The molecule has 0 aliphatic heterocycles. The lowest BCUT2D eigenvalue weighted by atomic mass is 9.98. The molecule has 6 heteroatoms. The van der Waals surface area contributed by atoms with Gasteiger partial charge in [0.15, 0.2) is 0 Å². The smallest absolute Gasteiger partial charge is 0.113 e. The number of hydrogen-bond donors (Lipinski definition) is 0. The fourth-order valence-electron chi connectivity index (χ4n) is 3.54. The quantitative estimate of drug-likeness (QED) is 0.365. The summed E-state index contributed by atoms with van der Waals surface area (Å²) in [7, 11) is 0. The molecule has 0 fully saturated rings. The Hall–Kier alpha value is -3.28. The highest BCUT2D eigenvalue weighted by Gasteiger charge is 2.10. The first kappa shape index (κ1) is 19.1. The van der Waals surface area contributed by atoms with Crippen molar-refractivity contribution in [3.8, 4) is 22.4 Å². The van der Waals surface area contributed by atoms with E-state index in [0.717, 1.165) is 37.2 Å². The van der Waals surface area contributed by atoms with Crippen LogP contribution >= 0.6 is 0 Å².